The van der Waals surface area contributed by atoms with E-state index in [4.69, 9.17) is 22.8 Å². The Bertz CT molecular complexity index is 475. The van der Waals surface area contributed by atoms with E-state index in [1.807, 2.05) is 0 Å². The first-order chi connectivity index (χ1) is 7.89. The summed E-state index contributed by atoms with van der Waals surface area (Å²) in [6.45, 7) is 3.49. The number of nitrogens with one attached hydrogen (secondary N) is 1. The number of terminal acetylenes is 1. The summed E-state index contributed by atoms with van der Waals surface area (Å²) in [7, 11) is 1.48. The molecule has 90 valence electrons. The Labute approximate surface area is 106 Å². The molecule has 1 aromatic carbocycles. The lowest BCUT2D eigenvalue weighted by Gasteiger charge is -2.20. The lowest BCUT2D eigenvalue weighted by atomic mass is 10.1. The third-order valence-corrected chi connectivity index (χ3v) is 2.43. The first-order valence-electron chi connectivity index (χ1n) is 5.03. The average molecular weight is 252 g/mol. The van der Waals surface area contributed by atoms with Crippen molar-refractivity contribution in [3.63, 3.8) is 0 Å². The molecule has 1 amide bonds. The van der Waals surface area contributed by atoms with Crippen LogP contribution in [0.4, 0.5) is 0 Å². The largest absolute Gasteiger partial charge is 0.496 e. The van der Waals surface area contributed by atoms with Crippen LogP contribution >= 0.6 is 11.6 Å². The minimum Gasteiger partial charge on any atom is -0.496 e. The summed E-state index contributed by atoms with van der Waals surface area (Å²) >= 11 is 5.82. The monoisotopic (exact) mass is 251 g/mol. The first kappa shape index (κ1) is 13.4. The van der Waals surface area contributed by atoms with Gasteiger partial charge in [-0.1, -0.05) is 17.5 Å². The molecule has 0 aliphatic rings. The molecule has 17 heavy (non-hydrogen) atoms. The molecule has 0 heterocycles. The van der Waals surface area contributed by atoms with Crippen molar-refractivity contribution in [3.8, 4) is 18.1 Å². The molecule has 0 aromatic heterocycles. The van der Waals surface area contributed by atoms with E-state index < -0.39 is 5.54 Å². The van der Waals surface area contributed by atoms with Crippen molar-refractivity contribution in [2.24, 2.45) is 0 Å². The topological polar surface area (TPSA) is 38.3 Å². The van der Waals surface area contributed by atoms with E-state index >= 15 is 0 Å². The lowest BCUT2D eigenvalue weighted by molar-refractivity contribution is 0.0927. The van der Waals surface area contributed by atoms with Crippen molar-refractivity contribution < 1.29 is 9.53 Å². The normalized spacial score (nSPS) is 10.5. The zero-order valence-corrected chi connectivity index (χ0v) is 10.8. The number of ether oxygens (including phenoxy) is 1. The Morgan fingerprint density at radius 3 is 2.71 bits per heavy atom. The quantitative estimate of drug-likeness (QED) is 0.839. The number of halogens is 1. The number of amides is 1. The Morgan fingerprint density at radius 1 is 1.53 bits per heavy atom. The molecule has 0 aliphatic heterocycles. The lowest BCUT2D eigenvalue weighted by Crippen LogP contribution is -2.42. The van der Waals surface area contributed by atoms with Crippen molar-refractivity contribution in [1.82, 2.24) is 5.32 Å². The van der Waals surface area contributed by atoms with Gasteiger partial charge in [-0.2, -0.15) is 0 Å². The number of rotatable bonds is 3. The summed E-state index contributed by atoms with van der Waals surface area (Å²) < 4.78 is 5.10. The predicted molar refractivity (Wildman–Crippen MR) is 68.4 cm³/mol. The number of methoxy groups -OCH3 is 1. The summed E-state index contributed by atoms with van der Waals surface area (Å²) in [4.78, 5) is 12.0. The van der Waals surface area contributed by atoms with Crippen LogP contribution < -0.4 is 10.1 Å². The number of benzene rings is 1. The molecule has 3 nitrogen and oxygen atoms in total. The molecule has 0 unspecified atom stereocenters. The Hall–Kier alpha value is -1.66. The van der Waals surface area contributed by atoms with E-state index in [1.54, 1.807) is 32.0 Å². The summed E-state index contributed by atoms with van der Waals surface area (Å²) in [5, 5.41) is 3.23. The van der Waals surface area contributed by atoms with Crippen LogP contribution in [0.3, 0.4) is 0 Å². The molecule has 0 fully saturated rings. The van der Waals surface area contributed by atoms with Crippen molar-refractivity contribution in [3.05, 3.63) is 28.8 Å². The molecule has 1 aromatic rings. The second-order valence-electron chi connectivity index (χ2n) is 4.07. The van der Waals surface area contributed by atoms with Crippen molar-refractivity contribution >= 4 is 17.5 Å². The van der Waals surface area contributed by atoms with E-state index in [1.165, 1.54) is 7.11 Å². The van der Waals surface area contributed by atoms with Gasteiger partial charge in [0, 0.05) is 5.02 Å². The van der Waals surface area contributed by atoms with Crippen LogP contribution in [-0.4, -0.2) is 18.6 Å². The van der Waals surface area contributed by atoms with Crippen LogP contribution in [-0.2, 0) is 0 Å². The van der Waals surface area contributed by atoms with Gasteiger partial charge in [0.2, 0.25) is 0 Å². The zero-order valence-electron chi connectivity index (χ0n) is 10.0. The first-order valence-corrected chi connectivity index (χ1v) is 5.41. The fourth-order valence-electron chi connectivity index (χ4n) is 1.24. The maximum absolute atomic E-state index is 12.0. The summed E-state index contributed by atoms with van der Waals surface area (Å²) in [5.41, 5.74) is -0.304. The van der Waals surface area contributed by atoms with E-state index in [0.29, 0.717) is 16.3 Å². The smallest absolute Gasteiger partial charge is 0.256 e. The third-order valence-electron chi connectivity index (χ3n) is 2.20. The minimum atomic E-state index is -0.707. The Kier molecular flexibility index (Phi) is 4.03. The molecule has 0 bridgehead atoms. The predicted octanol–water partition coefficient (Wildman–Crippen LogP) is 2.49. The Balaban J connectivity index is 3.02. The molecular weight excluding hydrogens is 238 g/mol. The third kappa shape index (κ3) is 3.40. The number of carbonyl (C=O) groups excluding carboxylic acids is 1. The molecule has 0 aliphatic carbocycles. The van der Waals surface area contributed by atoms with Gasteiger partial charge in [-0.15, -0.1) is 6.42 Å². The Morgan fingerprint density at radius 2 is 2.18 bits per heavy atom. The van der Waals surface area contributed by atoms with E-state index in [0.717, 1.165) is 0 Å². The molecule has 1 rings (SSSR count). The molecule has 0 saturated heterocycles. The van der Waals surface area contributed by atoms with Gasteiger partial charge < -0.3 is 10.1 Å². The summed E-state index contributed by atoms with van der Waals surface area (Å²) in [6, 6.07) is 4.81. The maximum atomic E-state index is 12.0. The van der Waals surface area contributed by atoms with Gasteiger partial charge in [-0.25, -0.2) is 0 Å². The van der Waals surface area contributed by atoms with Crippen LogP contribution in [0.5, 0.6) is 5.75 Å². The fraction of sp³-hybridized carbons (Fsp3) is 0.308. The van der Waals surface area contributed by atoms with Crippen molar-refractivity contribution in [2.75, 3.05) is 7.11 Å². The SMILES string of the molecule is C#CC(C)(C)NC(=O)c1ccc(Cl)cc1OC. The highest BCUT2D eigenvalue weighted by atomic mass is 35.5. The van der Waals surface area contributed by atoms with Crippen molar-refractivity contribution in [1.29, 1.82) is 0 Å². The number of hydrogen-bond donors (Lipinski definition) is 1. The van der Waals surface area contributed by atoms with Crippen LogP contribution in [0.1, 0.15) is 24.2 Å². The highest BCUT2D eigenvalue weighted by molar-refractivity contribution is 6.30. The molecule has 0 spiro atoms. The molecular formula is C13H14ClNO2. The highest BCUT2D eigenvalue weighted by Gasteiger charge is 2.20. The van der Waals surface area contributed by atoms with Crippen LogP contribution in [0, 0.1) is 12.3 Å². The van der Waals surface area contributed by atoms with Gasteiger partial charge in [0.05, 0.1) is 18.2 Å². The van der Waals surface area contributed by atoms with Crippen LogP contribution in [0.2, 0.25) is 5.02 Å². The van der Waals surface area contributed by atoms with Crippen molar-refractivity contribution in [2.45, 2.75) is 19.4 Å². The van der Waals surface area contributed by atoms with Gasteiger partial charge in [0.15, 0.2) is 0 Å². The van der Waals surface area contributed by atoms with E-state index in [2.05, 4.69) is 11.2 Å². The van der Waals surface area contributed by atoms with E-state index in [9.17, 15) is 4.79 Å². The molecule has 4 heteroatoms. The second-order valence-corrected chi connectivity index (χ2v) is 4.50. The maximum Gasteiger partial charge on any atom is 0.256 e. The number of hydrogen-bond acceptors (Lipinski definition) is 2. The second kappa shape index (κ2) is 5.11. The van der Waals surface area contributed by atoms with Crippen LogP contribution in [0.15, 0.2) is 18.2 Å². The summed E-state index contributed by atoms with van der Waals surface area (Å²) in [6.07, 6.45) is 5.31. The zero-order chi connectivity index (χ0) is 13.1. The molecule has 0 saturated carbocycles. The van der Waals surface area contributed by atoms with Crippen LogP contribution in [0.25, 0.3) is 0 Å². The van der Waals surface area contributed by atoms with Gasteiger partial charge in [-0.3, -0.25) is 4.79 Å². The van der Waals surface area contributed by atoms with Gasteiger partial charge in [-0.05, 0) is 32.0 Å². The van der Waals surface area contributed by atoms with Gasteiger partial charge >= 0.3 is 0 Å². The fourth-order valence-corrected chi connectivity index (χ4v) is 1.40. The highest BCUT2D eigenvalue weighted by Crippen LogP contribution is 2.23. The van der Waals surface area contributed by atoms with E-state index in [-0.39, 0.29) is 5.91 Å². The standard InChI is InChI=1S/C13H14ClNO2/c1-5-13(2,3)15-12(16)10-7-6-9(14)8-11(10)17-4/h1,6-8H,2-4H3,(H,15,16). The molecule has 0 atom stereocenters. The molecule has 0 radical (unpaired) electrons. The number of carbonyl (C=O) groups is 1. The molecule has 1 N–H and O–H groups in total. The minimum absolute atomic E-state index is 0.290. The summed E-state index contributed by atoms with van der Waals surface area (Å²) in [5.74, 6) is 2.62. The van der Waals surface area contributed by atoms with Gasteiger partial charge in [0.25, 0.3) is 5.91 Å². The average Bonchev–Trinajstić information content (AvgIpc) is 2.28. The van der Waals surface area contributed by atoms with Gasteiger partial charge in [0.1, 0.15) is 5.75 Å².